The summed E-state index contributed by atoms with van der Waals surface area (Å²) in [6.07, 6.45) is 9.88. The number of nitrogens with zero attached hydrogens (tertiary/aromatic N) is 3. The van der Waals surface area contributed by atoms with E-state index in [0.29, 0.717) is 30.8 Å². The second-order valence-electron chi connectivity index (χ2n) is 7.65. The molecule has 7 heteroatoms. The molecule has 2 aromatic rings. The van der Waals surface area contributed by atoms with E-state index >= 15 is 0 Å². The van der Waals surface area contributed by atoms with Gasteiger partial charge in [0.05, 0.1) is 11.4 Å². The van der Waals surface area contributed by atoms with E-state index in [9.17, 15) is 13.6 Å². The van der Waals surface area contributed by atoms with Gasteiger partial charge in [0.2, 0.25) is 5.91 Å². The van der Waals surface area contributed by atoms with E-state index in [2.05, 4.69) is 16.5 Å². The molecule has 1 saturated heterocycles. The van der Waals surface area contributed by atoms with Gasteiger partial charge in [-0.1, -0.05) is 36.4 Å². The Kier molecular flexibility index (Phi) is 7.76. The Balaban J connectivity index is 1.88. The average Bonchev–Trinajstić information content (AvgIpc) is 2.81. The molecule has 1 aromatic carbocycles. The van der Waals surface area contributed by atoms with Crippen molar-refractivity contribution in [2.24, 2.45) is 5.92 Å². The lowest BCUT2D eigenvalue weighted by Crippen LogP contribution is -2.38. The van der Waals surface area contributed by atoms with Gasteiger partial charge in [0.1, 0.15) is 6.33 Å². The fraction of sp³-hybridized carbons (Fsp3) is 0.280. The third kappa shape index (κ3) is 5.22. The van der Waals surface area contributed by atoms with Crippen molar-refractivity contribution >= 4 is 17.2 Å². The van der Waals surface area contributed by atoms with E-state index < -0.39 is 11.6 Å². The maximum Gasteiger partial charge on any atom is 0.226 e. The van der Waals surface area contributed by atoms with E-state index in [0.717, 1.165) is 24.5 Å². The van der Waals surface area contributed by atoms with Crippen molar-refractivity contribution in [3.05, 3.63) is 90.1 Å². The smallest absolute Gasteiger partial charge is 0.226 e. The molecule has 1 aliphatic rings. The van der Waals surface area contributed by atoms with Crippen LogP contribution in [-0.4, -0.2) is 39.6 Å². The minimum Gasteiger partial charge on any atom is -0.342 e. The van der Waals surface area contributed by atoms with Gasteiger partial charge in [-0.05, 0) is 43.9 Å². The van der Waals surface area contributed by atoms with Gasteiger partial charge in [-0.2, -0.15) is 0 Å². The summed E-state index contributed by atoms with van der Waals surface area (Å²) in [5, 5.41) is 8.71. The lowest BCUT2D eigenvalue weighted by Gasteiger charge is -2.33. The molecule has 32 heavy (non-hydrogen) atoms. The topological polar surface area (TPSA) is 69.9 Å². The van der Waals surface area contributed by atoms with Crippen molar-refractivity contribution in [2.75, 3.05) is 13.1 Å². The molecule has 1 N–H and O–H groups in total. The second-order valence-corrected chi connectivity index (χ2v) is 7.65. The fourth-order valence-corrected chi connectivity index (χ4v) is 3.96. The van der Waals surface area contributed by atoms with E-state index in [1.165, 1.54) is 18.5 Å². The van der Waals surface area contributed by atoms with Gasteiger partial charge in [-0.3, -0.25) is 10.2 Å². The summed E-state index contributed by atoms with van der Waals surface area (Å²) in [5.41, 5.74) is 1.59. The summed E-state index contributed by atoms with van der Waals surface area (Å²) in [6, 6.07) is 5.48. The lowest BCUT2D eigenvalue weighted by atomic mass is 9.83. The van der Waals surface area contributed by atoms with Crippen molar-refractivity contribution in [1.29, 1.82) is 5.41 Å². The van der Waals surface area contributed by atoms with E-state index in [1.54, 1.807) is 30.5 Å². The number of amides is 1. The molecule has 0 saturated carbocycles. The predicted molar refractivity (Wildman–Crippen MR) is 121 cm³/mol. The number of halogens is 2. The Morgan fingerprint density at radius 2 is 2.03 bits per heavy atom. The quantitative estimate of drug-likeness (QED) is 0.492. The molecule has 0 radical (unpaired) electrons. The number of rotatable bonds is 7. The molecule has 0 aliphatic carbocycles. The number of carbonyl (C=O) groups is 1. The predicted octanol–water partition coefficient (Wildman–Crippen LogP) is 4.97. The van der Waals surface area contributed by atoms with Crippen LogP contribution in [0, 0.1) is 23.0 Å². The summed E-state index contributed by atoms with van der Waals surface area (Å²) in [7, 11) is 0. The Hall–Kier alpha value is -3.48. The number of allylic oxidation sites excluding steroid dienone is 4. The van der Waals surface area contributed by atoms with Gasteiger partial charge in [-0.25, -0.2) is 18.7 Å². The van der Waals surface area contributed by atoms with Gasteiger partial charge < -0.3 is 4.90 Å². The second kappa shape index (κ2) is 10.7. The molecule has 2 heterocycles. The summed E-state index contributed by atoms with van der Waals surface area (Å²) >= 11 is 0. The van der Waals surface area contributed by atoms with Crippen LogP contribution in [0.25, 0.3) is 5.57 Å². The van der Waals surface area contributed by atoms with Crippen LogP contribution in [0.4, 0.5) is 8.78 Å². The Bertz CT molecular complexity index is 1050. The number of aromatic nitrogens is 2. The number of piperidine rings is 1. The summed E-state index contributed by atoms with van der Waals surface area (Å²) < 4.78 is 28.3. The molecule has 0 spiro atoms. The Labute approximate surface area is 186 Å². The average molecular weight is 437 g/mol. The maximum atomic E-state index is 14.5. The molecule has 1 aromatic heterocycles. The molecule has 0 bridgehead atoms. The number of hydrogen-bond donors (Lipinski definition) is 1. The minimum absolute atomic E-state index is 0.0637. The maximum absolute atomic E-state index is 14.5. The number of hydrogen-bond acceptors (Lipinski definition) is 4. The zero-order valence-corrected chi connectivity index (χ0v) is 18.0. The van der Waals surface area contributed by atoms with Crippen molar-refractivity contribution in [3.63, 3.8) is 0 Å². The molecule has 1 fully saturated rings. The molecular formula is C25H26F2N4O. The van der Waals surface area contributed by atoms with Gasteiger partial charge in [0, 0.05) is 36.8 Å². The van der Waals surface area contributed by atoms with Gasteiger partial charge >= 0.3 is 0 Å². The van der Waals surface area contributed by atoms with E-state index in [4.69, 9.17) is 5.41 Å². The van der Waals surface area contributed by atoms with Crippen LogP contribution in [-0.2, 0) is 4.79 Å². The largest absolute Gasteiger partial charge is 0.342 e. The van der Waals surface area contributed by atoms with Crippen LogP contribution in [0.2, 0.25) is 0 Å². The lowest BCUT2D eigenvalue weighted by molar-refractivity contribution is -0.131. The number of benzene rings is 1. The summed E-state index contributed by atoms with van der Waals surface area (Å²) in [5.74, 6) is -1.90. The number of likely N-dealkylation sites (tertiary alicyclic amines) is 1. The van der Waals surface area contributed by atoms with Crippen LogP contribution in [0.5, 0.6) is 0 Å². The van der Waals surface area contributed by atoms with Crippen LogP contribution in [0.15, 0.2) is 67.2 Å². The van der Waals surface area contributed by atoms with Gasteiger partial charge in [0.15, 0.2) is 11.6 Å². The highest BCUT2D eigenvalue weighted by molar-refractivity contribution is 6.30. The highest BCUT2D eigenvalue weighted by atomic mass is 19.2. The van der Waals surface area contributed by atoms with E-state index in [-0.39, 0.29) is 23.1 Å². The standard InChI is InChI=1S/C25H26F2N4O/c1-3-4-5-9-22(32)31-14-11-18(12-15-31)17(2)23(21-10-13-29-16-30-21)25(28)19-7-6-8-20(26)24(19)27/h3-8,10,13,16,18,28H,1,9,11-12,14-15H2,2H3/b5-4-,23-17+,28-25?. The van der Waals surface area contributed by atoms with Crippen LogP contribution in [0.1, 0.15) is 37.4 Å². The van der Waals surface area contributed by atoms with Crippen molar-refractivity contribution < 1.29 is 13.6 Å². The molecule has 3 rings (SSSR count). The molecule has 0 unspecified atom stereocenters. The molecular weight excluding hydrogens is 410 g/mol. The molecule has 1 aliphatic heterocycles. The summed E-state index contributed by atoms with van der Waals surface area (Å²) in [4.78, 5) is 22.4. The third-order valence-corrected chi connectivity index (χ3v) is 5.73. The van der Waals surface area contributed by atoms with Crippen molar-refractivity contribution in [1.82, 2.24) is 14.9 Å². The normalized spacial score (nSPS) is 15.5. The van der Waals surface area contributed by atoms with Crippen molar-refractivity contribution in [3.8, 4) is 0 Å². The van der Waals surface area contributed by atoms with Gasteiger partial charge in [0.25, 0.3) is 0 Å². The minimum atomic E-state index is -1.05. The first-order chi connectivity index (χ1) is 15.4. The first kappa shape index (κ1) is 23.2. The Morgan fingerprint density at radius 3 is 2.69 bits per heavy atom. The Morgan fingerprint density at radius 1 is 1.28 bits per heavy atom. The SMILES string of the molecule is C=C/C=C\CC(=O)N1CCC(/C(C)=C(/C(=N)c2cccc(F)c2F)c2ccncn2)CC1. The van der Waals surface area contributed by atoms with Crippen molar-refractivity contribution in [2.45, 2.75) is 26.2 Å². The first-order valence-electron chi connectivity index (χ1n) is 10.5. The van der Waals surface area contributed by atoms with Crippen LogP contribution in [0.3, 0.4) is 0 Å². The zero-order valence-electron chi connectivity index (χ0n) is 18.0. The highest BCUT2D eigenvalue weighted by Crippen LogP contribution is 2.32. The van der Waals surface area contributed by atoms with Crippen LogP contribution < -0.4 is 0 Å². The molecule has 5 nitrogen and oxygen atoms in total. The summed E-state index contributed by atoms with van der Waals surface area (Å²) in [6.45, 7) is 6.70. The highest BCUT2D eigenvalue weighted by Gasteiger charge is 2.27. The molecule has 0 atom stereocenters. The third-order valence-electron chi connectivity index (χ3n) is 5.73. The first-order valence-corrected chi connectivity index (χ1v) is 10.5. The monoisotopic (exact) mass is 436 g/mol. The van der Waals surface area contributed by atoms with E-state index in [1.807, 2.05) is 11.8 Å². The molecule has 1 amide bonds. The van der Waals surface area contributed by atoms with Crippen LogP contribution >= 0.6 is 0 Å². The zero-order chi connectivity index (χ0) is 23.1. The number of nitrogens with one attached hydrogen (secondary N) is 1. The van der Waals surface area contributed by atoms with Gasteiger partial charge in [-0.15, -0.1) is 0 Å². The molecule has 166 valence electrons. The number of carbonyl (C=O) groups excluding carboxylic acids is 1. The fourth-order valence-electron chi connectivity index (χ4n) is 3.96.